The van der Waals surface area contributed by atoms with Crippen LogP contribution in [0.3, 0.4) is 0 Å². The molecule has 4 fully saturated rings. The number of benzene rings is 2. The fraction of sp³-hybridized carbons (Fsp3) is 0.612. The van der Waals surface area contributed by atoms with E-state index >= 15 is 8.78 Å². The van der Waals surface area contributed by atoms with Crippen LogP contribution in [0, 0.1) is 28.6 Å². The summed E-state index contributed by atoms with van der Waals surface area (Å²) in [5, 5.41) is 25.4. The standard InChI is InChI=1S/C67H91F2N7O15/c1-7-13-59-90-55-37-47-48-36-50(68)49-35-45(77)21-23-64(49,5)66(48,69)53(78)38-65(47,6)67(55,91-59)54(79)39-73-61(83)51(17-12-24-72-63(70)85)74-62(84)60(41(2)3)75-57(81)22-26-86-28-30-88-32-33-89-31-29-87-27-25-71-56(80)19-20-58(82)76-40-44-15-9-8-14-43(44)34-42(4)46-16-10-11-18-52(46)76/h8-11,14-16,18,21,23,34-35,41,47-48,50-51,53,55,59-60,78H,7,12-13,17,19-20,22,24-33,36-40H2,1-6H3,(H,71,80)(H,73,83)(H,74,84)(H,75,81)(H3,70,72,85)/b42-34-/t47-,48-,50-,51-,53-,55+,59?,60-,64-,65-,66-,67+/m0/s1. The van der Waals surface area contributed by atoms with Crippen LogP contribution in [0.4, 0.5) is 19.3 Å². The number of allylic oxidation sites excluding steroid dienone is 5. The van der Waals surface area contributed by atoms with E-state index < -0.39 is 118 Å². The highest BCUT2D eigenvalue weighted by Gasteiger charge is 2.80. The number of alkyl halides is 2. The molecule has 498 valence electrons. The Balaban J connectivity index is 0.725. The van der Waals surface area contributed by atoms with Crippen molar-refractivity contribution in [3.8, 4) is 0 Å². The lowest BCUT2D eigenvalue weighted by molar-refractivity contribution is -0.234. The van der Waals surface area contributed by atoms with Crippen molar-refractivity contribution in [2.75, 3.05) is 77.4 Å². The highest BCUT2D eigenvalue weighted by molar-refractivity contribution is 6.02. The van der Waals surface area contributed by atoms with Crippen LogP contribution in [0.1, 0.15) is 122 Å². The first kappa shape index (κ1) is 70.1. The first-order valence-electron chi connectivity index (χ1n) is 32.0. The molecule has 2 aliphatic heterocycles. The molecule has 2 aromatic rings. The molecule has 12 atom stereocenters. The lowest BCUT2D eigenvalue weighted by atomic mass is 9.44. The van der Waals surface area contributed by atoms with Gasteiger partial charge in [0.25, 0.3) is 0 Å². The normalized spacial score (nSPS) is 28.2. The summed E-state index contributed by atoms with van der Waals surface area (Å²) in [7, 11) is 0. The number of para-hydroxylation sites is 1. The van der Waals surface area contributed by atoms with Gasteiger partial charge >= 0.3 is 6.03 Å². The van der Waals surface area contributed by atoms with Gasteiger partial charge in [0.1, 0.15) is 18.3 Å². The molecule has 7 amide bonds. The van der Waals surface area contributed by atoms with Crippen LogP contribution in [-0.2, 0) is 68.5 Å². The number of halogens is 2. The Kier molecular flexibility index (Phi) is 24.0. The molecule has 8 rings (SSSR count). The Morgan fingerprint density at radius 2 is 1.48 bits per heavy atom. The molecule has 0 aromatic heterocycles. The van der Waals surface area contributed by atoms with Crippen LogP contribution in [0.2, 0.25) is 0 Å². The first-order chi connectivity index (χ1) is 43.5. The smallest absolute Gasteiger partial charge is 0.312 e. The van der Waals surface area contributed by atoms with E-state index in [-0.39, 0.29) is 121 Å². The van der Waals surface area contributed by atoms with E-state index in [1.165, 1.54) is 19.1 Å². The molecule has 91 heavy (non-hydrogen) atoms. The van der Waals surface area contributed by atoms with E-state index in [2.05, 4.69) is 32.7 Å². The summed E-state index contributed by atoms with van der Waals surface area (Å²) < 4.78 is 69.7. The number of rotatable bonds is 32. The minimum atomic E-state index is -2.41. The van der Waals surface area contributed by atoms with Crippen molar-refractivity contribution in [1.82, 2.24) is 26.6 Å². The van der Waals surface area contributed by atoms with Crippen molar-refractivity contribution in [2.24, 2.45) is 34.3 Å². The highest BCUT2D eigenvalue weighted by atomic mass is 19.1. The van der Waals surface area contributed by atoms with Crippen molar-refractivity contribution >= 4 is 64.5 Å². The molecular weight excluding hydrogens is 1180 g/mol. The molecule has 3 saturated carbocycles. The minimum absolute atomic E-state index is 0.0126. The summed E-state index contributed by atoms with van der Waals surface area (Å²) in [6.07, 6.45) is 1.22. The van der Waals surface area contributed by atoms with Gasteiger partial charge in [-0.2, -0.15) is 0 Å². The Bertz CT molecular complexity index is 3070. The van der Waals surface area contributed by atoms with Gasteiger partial charge in [-0.25, -0.2) is 13.6 Å². The third-order valence-corrected chi connectivity index (χ3v) is 19.1. The van der Waals surface area contributed by atoms with E-state index in [1.807, 2.05) is 62.4 Å². The van der Waals surface area contributed by atoms with Gasteiger partial charge in [-0.15, -0.1) is 0 Å². The maximum absolute atomic E-state index is 18.0. The number of aliphatic hydroxyl groups excluding tert-OH is 1. The zero-order valence-electron chi connectivity index (χ0n) is 53.1. The number of nitrogens with two attached hydrogens (primary N) is 1. The Hall–Kier alpha value is -6.80. The number of primary amides is 1. The number of fused-ring (bicyclic) bond motifs is 9. The molecule has 0 spiro atoms. The number of ketones is 2. The predicted octanol–water partition coefficient (Wildman–Crippen LogP) is 5.42. The molecule has 22 nitrogen and oxygen atoms in total. The summed E-state index contributed by atoms with van der Waals surface area (Å²) in [6, 6.07) is 12.6. The second-order valence-corrected chi connectivity index (χ2v) is 25.3. The van der Waals surface area contributed by atoms with Crippen LogP contribution in [0.15, 0.2) is 72.3 Å². The number of hydrogen-bond donors (Lipinski definition) is 7. The number of carbonyl (C=O) groups is 8. The fourth-order valence-electron chi connectivity index (χ4n) is 14.4. The van der Waals surface area contributed by atoms with Crippen LogP contribution < -0.4 is 37.2 Å². The molecule has 8 N–H and O–H groups in total. The van der Waals surface area contributed by atoms with Crippen molar-refractivity contribution in [1.29, 1.82) is 0 Å². The van der Waals surface area contributed by atoms with Crippen molar-refractivity contribution in [2.45, 2.75) is 160 Å². The van der Waals surface area contributed by atoms with Gasteiger partial charge in [-0.1, -0.05) is 88.7 Å². The van der Waals surface area contributed by atoms with Crippen LogP contribution >= 0.6 is 0 Å². The van der Waals surface area contributed by atoms with Crippen molar-refractivity contribution in [3.63, 3.8) is 0 Å². The highest BCUT2D eigenvalue weighted by Crippen LogP contribution is 2.72. The lowest BCUT2D eigenvalue weighted by Gasteiger charge is -2.63. The molecule has 6 aliphatic rings. The summed E-state index contributed by atoms with van der Waals surface area (Å²) in [5.74, 6) is -5.72. The number of urea groups is 1. The van der Waals surface area contributed by atoms with E-state index in [1.54, 1.807) is 25.7 Å². The SMILES string of the molecule is CCCC1O[C@@H]2C[C@H]3[C@@H]4C[C@H](F)C5=CC(=O)C=C[C@]5(C)[C@@]4(F)[C@@H](O)C[C@]3(C)[C@]2(C(=O)CNC(=O)[C@H](CCCNC(N)=O)NC(=O)[C@@H](NC(=O)CCOCCOCCOCCOCCNC(=O)CCC(=O)N2Cc3ccccc3/C=C(/C)c3ccccc32)C(C)C)O1. The number of nitrogens with one attached hydrogen (secondary N) is 5. The van der Waals surface area contributed by atoms with Crippen LogP contribution in [0.25, 0.3) is 11.6 Å². The summed E-state index contributed by atoms with van der Waals surface area (Å²) in [4.78, 5) is 108. The van der Waals surface area contributed by atoms with Crippen LogP contribution in [-0.4, -0.2) is 173 Å². The number of nitrogens with zero attached hydrogens (tertiary/aromatic N) is 1. The molecule has 0 radical (unpaired) electrons. The molecule has 1 unspecified atom stereocenters. The van der Waals surface area contributed by atoms with Gasteiger partial charge < -0.3 is 70.7 Å². The number of Topliss-reactive ketones (excluding diaryl/α,β-unsaturated/α-hetero) is 1. The molecule has 24 heteroatoms. The average Bonchev–Trinajstić information content (AvgIpc) is 1.59. The molecule has 0 bridgehead atoms. The molecule has 2 heterocycles. The molecule has 4 aliphatic carbocycles. The van der Waals surface area contributed by atoms with Gasteiger partial charge in [-0.3, -0.25) is 33.6 Å². The van der Waals surface area contributed by atoms with Gasteiger partial charge in [-0.05, 0) is 105 Å². The quantitative estimate of drug-likeness (QED) is 0.0451. The summed E-state index contributed by atoms with van der Waals surface area (Å²) in [6.45, 7) is 12.5. The largest absolute Gasteiger partial charge is 0.390 e. The summed E-state index contributed by atoms with van der Waals surface area (Å²) >= 11 is 0. The maximum Gasteiger partial charge on any atom is 0.312 e. The monoisotopic (exact) mass is 1270 g/mol. The first-order valence-corrected chi connectivity index (χ1v) is 32.0. The third-order valence-electron chi connectivity index (χ3n) is 19.1. The van der Waals surface area contributed by atoms with Crippen molar-refractivity contribution in [3.05, 3.63) is 89.0 Å². The van der Waals surface area contributed by atoms with Crippen molar-refractivity contribution < 1.29 is 80.7 Å². The topological polar surface area (TPSA) is 302 Å². The van der Waals surface area contributed by atoms with E-state index in [0.717, 1.165) is 34.0 Å². The Labute approximate surface area is 530 Å². The van der Waals surface area contributed by atoms with E-state index in [0.29, 0.717) is 32.6 Å². The number of aliphatic hydroxyl groups is 1. The van der Waals surface area contributed by atoms with Gasteiger partial charge in [0.2, 0.25) is 29.5 Å². The minimum Gasteiger partial charge on any atom is -0.390 e. The maximum atomic E-state index is 18.0. The summed E-state index contributed by atoms with van der Waals surface area (Å²) in [5.41, 5.74) is 2.98. The Morgan fingerprint density at radius 1 is 0.802 bits per heavy atom. The molecular formula is C67H91F2N7O15. The second-order valence-electron chi connectivity index (χ2n) is 25.3. The fourth-order valence-corrected chi connectivity index (χ4v) is 14.4. The van der Waals surface area contributed by atoms with E-state index in [4.69, 9.17) is 34.2 Å². The number of anilines is 1. The van der Waals surface area contributed by atoms with Gasteiger partial charge in [0.05, 0.1) is 83.8 Å². The average molecular weight is 1270 g/mol. The van der Waals surface area contributed by atoms with Gasteiger partial charge in [0, 0.05) is 54.7 Å². The Morgan fingerprint density at radius 3 is 2.19 bits per heavy atom. The second kappa shape index (κ2) is 31.2. The molecule has 2 aromatic carbocycles. The molecule has 1 saturated heterocycles. The zero-order chi connectivity index (χ0) is 65.7. The number of ether oxygens (including phenoxy) is 6. The number of carbonyl (C=O) groups excluding carboxylic acids is 8. The third kappa shape index (κ3) is 15.7. The number of amides is 7. The van der Waals surface area contributed by atoms with E-state index in [9.17, 15) is 43.5 Å². The number of hydrogen-bond acceptors (Lipinski definition) is 15. The van der Waals surface area contributed by atoms with Crippen LogP contribution in [0.5, 0.6) is 0 Å². The predicted molar refractivity (Wildman–Crippen MR) is 333 cm³/mol. The zero-order valence-corrected chi connectivity index (χ0v) is 53.1. The lowest BCUT2D eigenvalue weighted by Crippen LogP contribution is -2.71. The van der Waals surface area contributed by atoms with Gasteiger partial charge in [0.15, 0.2) is 29.1 Å².